The molecule has 1 aliphatic rings. The first-order valence-corrected chi connectivity index (χ1v) is 6.54. The molecule has 0 radical (unpaired) electrons. The van der Waals surface area contributed by atoms with Gasteiger partial charge in [0.15, 0.2) is 0 Å². The molecule has 3 N–H and O–H groups in total. The van der Waals surface area contributed by atoms with Gasteiger partial charge in [-0.15, -0.1) is 0 Å². The maximum absolute atomic E-state index is 11.5. The molecule has 1 aliphatic carbocycles. The first kappa shape index (κ1) is 15.7. The molecule has 0 bridgehead atoms. The molecule has 0 atom stereocenters. The molecule has 0 aliphatic heterocycles. The van der Waals surface area contributed by atoms with E-state index in [9.17, 15) is 24.9 Å². The van der Waals surface area contributed by atoms with E-state index in [1.165, 1.54) is 0 Å². The van der Waals surface area contributed by atoms with Gasteiger partial charge >= 0.3 is 11.9 Å². The lowest BCUT2D eigenvalue weighted by Gasteiger charge is -2.30. The second kappa shape index (κ2) is 5.74. The molecule has 1 rings (SSSR count). The van der Waals surface area contributed by atoms with Gasteiger partial charge in [-0.25, -0.2) is 9.59 Å². The van der Waals surface area contributed by atoms with Gasteiger partial charge < -0.3 is 15.3 Å². The molecule has 0 unspecified atom stereocenters. The second-order valence-corrected chi connectivity index (χ2v) is 6.15. The van der Waals surface area contributed by atoms with Crippen molar-refractivity contribution in [2.45, 2.75) is 52.6 Å². The van der Waals surface area contributed by atoms with Gasteiger partial charge in [-0.1, -0.05) is 20.8 Å². The van der Waals surface area contributed by atoms with Crippen molar-refractivity contribution in [3.05, 3.63) is 11.1 Å². The number of aliphatic hydroxyl groups is 1. The van der Waals surface area contributed by atoms with E-state index in [1.807, 2.05) is 0 Å². The van der Waals surface area contributed by atoms with E-state index in [4.69, 9.17) is 0 Å². The van der Waals surface area contributed by atoms with Gasteiger partial charge in [0.1, 0.15) is 0 Å². The molecule has 1 saturated carbocycles. The molecule has 0 aromatic heterocycles. The predicted molar refractivity (Wildman–Crippen MR) is 69.7 cm³/mol. The third-order valence-corrected chi connectivity index (χ3v) is 3.57. The van der Waals surface area contributed by atoms with Crippen LogP contribution in [0.3, 0.4) is 0 Å². The largest absolute Gasteiger partial charge is 0.478 e. The van der Waals surface area contributed by atoms with Crippen LogP contribution in [0.4, 0.5) is 0 Å². The third kappa shape index (κ3) is 3.80. The zero-order valence-corrected chi connectivity index (χ0v) is 11.6. The molecule has 0 aromatic carbocycles. The van der Waals surface area contributed by atoms with Gasteiger partial charge in [0.25, 0.3) is 0 Å². The lowest BCUT2D eigenvalue weighted by Crippen LogP contribution is -2.29. The Morgan fingerprint density at radius 2 is 1.42 bits per heavy atom. The van der Waals surface area contributed by atoms with Crippen LogP contribution in [-0.4, -0.2) is 33.4 Å². The van der Waals surface area contributed by atoms with E-state index in [0.29, 0.717) is 25.7 Å². The minimum absolute atomic E-state index is 0.00639. The zero-order chi connectivity index (χ0) is 14.8. The molecule has 5 nitrogen and oxygen atoms in total. The van der Waals surface area contributed by atoms with Crippen LogP contribution < -0.4 is 0 Å². The average molecular weight is 270 g/mol. The van der Waals surface area contributed by atoms with Crippen LogP contribution in [-0.2, 0) is 9.59 Å². The highest BCUT2D eigenvalue weighted by molar-refractivity contribution is 6.00. The predicted octanol–water partition coefficient (Wildman–Crippen LogP) is 2.05. The number of hydrogen-bond donors (Lipinski definition) is 3. The molecule has 108 valence electrons. The molecule has 0 spiro atoms. The summed E-state index contributed by atoms with van der Waals surface area (Å²) in [6, 6.07) is 0. The normalized spacial score (nSPS) is 25.7. The number of rotatable bonds is 3. The SMILES string of the molecule is CC(C)(C)/C(C(=O)O)=C(\C(=O)O)C1CCC(O)CC1. The summed E-state index contributed by atoms with van der Waals surface area (Å²) in [4.78, 5) is 22.9. The quantitative estimate of drug-likeness (QED) is 0.682. The monoisotopic (exact) mass is 270 g/mol. The van der Waals surface area contributed by atoms with E-state index < -0.39 is 23.5 Å². The molecular formula is C14H22O5. The average Bonchev–Trinajstić information content (AvgIpc) is 2.24. The maximum atomic E-state index is 11.5. The van der Waals surface area contributed by atoms with Crippen LogP contribution in [0.15, 0.2) is 11.1 Å². The van der Waals surface area contributed by atoms with Gasteiger partial charge in [0, 0.05) is 0 Å². The van der Waals surface area contributed by atoms with E-state index in [1.54, 1.807) is 20.8 Å². The van der Waals surface area contributed by atoms with Crippen molar-refractivity contribution in [1.29, 1.82) is 0 Å². The summed E-state index contributed by atoms with van der Waals surface area (Å²) in [5.41, 5.74) is -0.747. The van der Waals surface area contributed by atoms with E-state index in [2.05, 4.69) is 0 Å². The Hall–Kier alpha value is -1.36. The highest BCUT2D eigenvalue weighted by atomic mass is 16.4. The summed E-state index contributed by atoms with van der Waals surface area (Å²) < 4.78 is 0. The molecule has 5 heteroatoms. The maximum Gasteiger partial charge on any atom is 0.332 e. The van der Waals surface area contributed by atoms with Crippen molar-refractivity contribution in [2.24, 2.45) is 11.3 Å². The van der Waals surface area contributed by atoms with Crippen molar-refractivity contribution < 1.29 is 24.9 Å². The van der Waals surface area contributed by atoms with E-state index in [0.717, 1.165) is 0 Å². The third-order valence-electron chi connectivity index (χ3n) is 3.57. The Kier molecular flexibility index (Phi) is 4.74. The fraction of sp³-hybridized carbons (Fsp3) is 0.714. The molecular weight excluding hydrogens is 248 g/mol. The van der Waals surface area contributed by atoms with Gasteiger partial charge in [-0.05, 0) is 37.0 Å². The Morgan fingerprint density at radius 3 is 1.74 bits per heavy atom. The van der Waals surface area contributed by atoms with E-state index in [-0.39, 0.29) is 17.1 Å². The van der Waals surface area contributed by atoms with Crippen molar-refractivity contribution in [1.82, 2.24) is 0 Å². The lowest BCUT2D eigenvalue weighted by atomic mass is 9.75. The summed E-state index contributed by atoms with van der Waals surface area (Å²) >= 11 is 0. The minimum atomic E-state index is -1.17. The van der Waals surface area contributed by atoms with Gasteiger partial charge in [0.05, 0.1) is 17.3 Å². The van der Waals surface area contributed by atoms with Gasteiger partial charge in [-0.2, -0.15) is 0 Å². The highest BCUT2D eigenvalue weighted by Crippen LogP contribution is 2.37. The van der Waals surface area contributed by atoms with Crippen LogP contribution >= 0.6 is 0 Å². The van der Waals surface area contributed by atoms with Crippen molar-refractivity contribution in [3.63, 3.8) is 0 Å². The molecule has 0 amide bonds. The van der Waals surface area contributed by atoms with Gasteiger partial charge in [0.2, 0.25) is 0 Å². The molecule has 0 saturated heterocycles. The fourth-order valence-corrected chi connectivity index (χ4v) is 2.69. The molecule has 1 fully saturated rings. The van der Waals surface area contributed by atoms with Crippen LogP contribution in [0, 0.1) is 11.3 Å². The van der Waals surface area contributed by atoms with Crippen LogP contribution in [0.1, 0.15) is 46.5 Å². The van der Waals surface area contributed by atoms with E-state index >= 15 is 0 Å². The highest BCUT2D eigenvalue weighted by Gasteiger charge is 2.35. The van der Waals surface area contributed by atoms with Crippen LogP contribution in [0.2, 0.25) is 0 Å². The van der Waals surface area contributed by atoms with Crippen LogP contribution in [0.25, 0.3) is 0 Å². The smallest absolute Gasteiger partial charge is 0.332 e. The molecule has 0 heterocycles. The summed E-state index contributed by atoms with van der Waals surface area (Å²) in [7, 11) is 0. The standard InChI is InChI=1S/C14H22O5/c1-14(2,3)11(13(18)19)10(12(16)17)8-4-6-9(15)7-5-8/h8-9,15H,4-7H2,1-3H3,(H,16,17)(H,18,19)/b11-10-. The first-order chi connectivity index (χ1) is 8.64. The number of carboxylic acid groups (broad SMARTS) is 2. The minimum Gasteiger partial charge on any atom is -0.478 e. The number of carbonyl (C=O) groups is 2. The number of hydrogen-bond acceptors (Lipinski definition) is 3. The van der Waals surface area contributed by atoms with Gasteiger partial charge in [-0.3, -0.25) is 0 Å². The Labute approximate surface area is 112 Å². The second-order valence-electron chi connectivity index (χ2n) is 6.15. The summed E-state index contributed by atoms with van der Waals surface area (Å²) in [6.07, 6.45) is 1.71. The Bertz CT molecular complexity index is 395. The van der Waals surface area contributed by atoms with Crippen LogP contribution in [0.5, 0.6) is 0 Å². The number of aliphatic hydroxyl groups excluding tert-OH is 1. The zero-order valence-electron chi connectivity index (χ0n) is 11.6. The lowest BCUT2D eigenvalue weighted by molar-refractivity contribution is -0.137. The van der Waals surface area contributed by atoms with Crippen molar-refractivity contribution >= 4 is 11.9 Å². The van der Waals surface area contributed by atoms with Crippen molar-refractivity contribution in [2.75, 3.05) is 0 Å². The Morgan fingerprint density at radius 1 is 0.947 bits per heavy atom. The fourth-order valence-electron chi connectivity index (χ4n) is 2.69. The topological polar surface area (TPSA) is 94.8 Å². The van der Waals surface area contributed by atoms with Crippen molar-refractivity contribution in [3.8, 4) is 0 Å². The summed E-state index contributed by atoms with van der Waals surface area (Å²) in [5.74, 6) is -2.61. The Balaban J connectivity index is 3.24. The number of carboxylic acids is 2. The molecule has 19 heavy (non-hydrogen) atoms. The number of aliphatic carboxylic acids is 2. The molecule has 0 aromatic rings. The summed E-state index contributed by atoms with van der Waals surface area (Å²) in [6.45, 7) is 5.12. The summed E-state index contributed by atoms with van der Waals surface area (Å²) in [5, 5.41) is 28.2. The first-order valence-electron chi connectivity index (χ1n) is 6.54.